The molecule has 0 aromatic carbocycles. The van der Waals surface area contributed by atoms with E-state index in [4.69, 9.17) is 10.00 Å². The first-order valence-electron chi connectivity index (χ1n) is 8.80. The molecule has 0 radical (unpaired) electrons. The van der Waals surface area contributed by atoms with Crippen molar-refractivity contribution in [3.63, 3.8) is 0 Å². The number of hydrogen-bond donors (Lipinski definition) is 0. The van der Waals surface area contributed by atoms with Crippen LogP contribution in [0.25, 0.3) is 0 Å². The molecule has 2 aliphatic carbocycles. The lowest BCUT2D eigenvalue weighted by Crippen LogP contribution is -2.27. The van der Waals surface area contributed by atoms with E-state index in [0.29, 0.717) is 5.92 Å². The molecule has 0 spiro atoms. The normalized spacial score (nSPS) is 34.6. The van der Waals surface area contributed by atoms with Gasteiger partial charge in [0.05, 0.1) is 6.07 Å². The van der Waals surface area contributed by atoms with Gasteiger partial charge in [-0.15, -0.1) is 0 Å². The highest BCUT2D eigenvalue weighted by molar-refractivity contribution is 4.89. The number of nitrogens with zero attached hydrogens (tertiary/aromatic N) is 1. The molecule has 0 saturated heterocycles. The van der Waals surface area contributed by atoms with E-state index in [2.05, 4.69) is 13.0 Å². The molecule has 0 atom stereocenters. The Bertz CT molecular complexity index is 293. The molecule has 0 aromatic heterocycles. The Morgan fingerprint density at radius 3 is 2.10 bits per heavy atom. The Kier molecular flexibility index (Phi) is 6.87. The number of unbranched alkanes of at least 4 members (excludes halogenated alkanes) is 1. The van der Waals surface area contributed by atoms with Crippen molar-refractivity contribution >= 4 is 0 Å². The van der Waals surface area contributed by atoms with E-state index < -0.39 is 0 Å². The summed E-state index contributed by atoms with van der Waals surface area (Å²) >= 11 is 0. The summed E-state index contributed by atoms with van der Waals surface area (Å²) in [5, 5.41) is 8.98. The first-order valence-corrected chi connectivity index (χ1v) is 8.80. The maximum atomic E-state index is 8.98. The van der Waals surface area contributed by atoms with Gasteiger partial charge in [0.1, 0.15) is 0 Å². The first kappa shape index (κ1) is 15.8. The van der Waals surface area contributed by atoms with Gasteiger partial charge in [0.25, 0.3) is 0 Å². The van der Waals surface area contributed by atoms with Gasteiger partial charge in [-0.3, -0.25) is 0 Å². The highest BCUT2D eigenvalue weighted by Gasteiger charge is 2.30. The van der Waals surface area contributed by atoms with Crippen LogP contribution in [-0.4, -0.2) is 13.2 Å². The zero-order chi connectivity index (χ0) is 14.2. The summed E-state index contributed by atoms with van der Waals surface area (Å²) in [6.07, 6.45) is 12.9. The standard InChI is InChI=1S/C18H31NO/c1-2-3-12-20-14-16-6-10-18(11-7-16)17-8-4-15(13-19)5-9-17/h15-18H,2-12,14H2,1H3/t15-,16-,17-,18-. The van der Waals surface area contributed by atoms with Crippen molar-refractivity contribution in [3.8, 4) is 6.07 Å². The van der Waals surface area contributed by atoms with Crippen molar-refractivity contribution in [2.24, 2.45) is 23.7 Å². The minimum absolute atomic E-state index is 0.356. The molecule has 0 bridgehead atoms. The predicted octanol–water partition coefficient (Wildman–Crippen LogP) is 4.94. The summed E-state index contributed by atoms with van der Waals surface area (Å²) in [6.45, 7) is 4.16. The van der Waals surface area contributed by atoms with Crippen LogP contribution in [0.15, 0.2) is 0 Å². The summed E-state index contributed by atoms with van der Waals surface area (Å²) in [5.41, 5.74) is 0. The molecule has 2 aliphatic rings. The Morgan fingerprint density at radius 1 is 0.950 bits per heavy atom. The fourth-order valence-corrected chi connectivity index (χ4v) is 4.04. The van der Waals surface area contributed by atoms with Crippen molar-refractivity contribution in [2.45, 2.75) is 71.1 Å². The average Bonchev–Trinajstić information content (AvgIpc) is 2.52. The molecular formula is C18H31NO. The van der Waals surface area contributed by atoms with Gasteiger partial charge in [-0.25, -0.2) is 0 Å². The Labute approximate surface area is 124 Å². The van der Waals surface area contributed by atoms with E-state index in [1.54, 1.807) is 0 Å². The van der Waals surface area contributed by atoms with Crippen molar-refractivity contribution in [3.05, 3.63) is 0 Å². The molecule has 2 saturated carbocycles. The lowest BCUT2D eigenvalue weighted by Gasteiger charge is -2.36. The average molecular weight is 277 g/mol. The highest BCUT2D eigenvalue weighted by atomic mass is 16.5. The van der Waals surface area contributed by atoms with Crippen LogP contribution in [0.5, 0.6) is 0 Å². The van der Waals surface area contributed by atoms with Crippen molar-refractivity contribution in [1.82, 2.24) is 0 Å². The second kappa shape index (κ2) is 8.67. The van der Waals surface area contributed by atoms with Crippen LogP contribution in [-0.2, 0) is 4.74 Å². The summed E-state index contributed by atoms with van der Waals surface area (Å²) < 4.78 is 5.79. The zero-order valence-corrected chi connectivity index (χ0v) is 13.2. The zero-order valence-electron chi connectivity index (χ0n) is 13.2. The van der Waals surface area contributed by atoms with Crippen LogP contribution in [0.3, 0.4) is 0 Å². The Hall–Kier alpha value is -0.550. The molecule has 0 heterocycles. The van der Waals surface area contributed by atoms with Gasteiger partial charge in [0.15, 0.2) is 0 Å². The lowest BCUT2D eigenvalue weighted by atomic mass is 9.69. The van der Waals surface area contributed by atoms with Gasteiger partial charge >= 0.3 is 0 Å². The smallest absolute Gasteiger partial charge is 0.0655 e. The van der Waals surface area contributed by atoms with Gasteiger partial charge < -0.3 is 4.74 Å². The summed E-state index contributed by atoms with van der Waals surface area (Å²) in [7, 11) is 0. The largest absolute Gasteiger partial charge is 0.381 e. The lowest BCUT2D eigenvalue weighted by molar-refractivity contribution is 0.0646. The van der Waals surface area contributed by atoms with Gasteiger partial charge in [0.2, 0.25) is 0 Å². The first-order chi connectivity index (χ1) is 9.83. The number of hydrogen-bond acceptors (Lipinski definition) is 2. The fraction of sp³-hybridized carbons (Fsp3) is 0.944. The van der Waals surface area contributed by atoms with Gasteiger partial charge in [-0.05, 0) is 75.5 Å². The van der Waals surface area contributed by atoms with Crippen LogP contribution >= 0.6 is 0 Å². The molecule has 20 heavy (non-hydrogen) atoms. The van der Waals surface area contributed by atoms with Crippen LogP contribution in [0.2, 0.25) is 0 Å². The van der Waals surface area contributed by atoms with E-state index in [9.17, 15) is 0 Å². The van der Waals surface area contributed by atoms with E-state index >= 15 is 0 Å². The second-order valence-corrected chi connectivity index (χ2v) is 6.95. The Balaban J connectivity index is 1.61. The molecule has 0 amide bonds. The molecule has 0 unspecified atom stereocenters. The van der Waals surface area contributed by atoms with Crippen molar-refractivity contribution in [1.29, 1.82) is 5.26 Å². The van der Waals surface area contributed by atoms with Crippen LogP contribution in [0, 0.1) is 35.0 Å². The van der Waals surface area contributed by atoms with Crippen molar-refractivity contribution in [2.75, 3.05) is 13.2 Å². The predicted molar refractivity (Wildman–Crippen MR) is 82.2 cm³/mol. The summed E-state index contributed by atoms with van der Waals surface area (Å²) in [6, 6.07) is 2.45. The molecule has 0 aliphatic heterocycles. The molecular weight excluding hydrogens is 246 g/mol. The SMILES string of the molecule is CCCCOC[C@H]1CC[C@H]([C@H]2CC[C@H](C#N)CC2)CC1. The summed E-state index contributed by atoms with van der Waals surface area (Å²) in [5.74, 6) is 3.04. The number of ether oxygens (including phenoxy) is 1. The molecule has 114 valence electrons. The van der Waals surface area contributed by atoms with Crippen LogP contribution in [0.4, 0.5) is 0 Å². The molecule has 0 aromatic rings. The monoisotopic (exact) mass is 277 g/mol. The van der Waals surface area contributed by atoms with Gasteiger partial charge in [0, 0.05) is 19.1 Å². The molecule has 0 N–H and O–H groups in total. The number of rotatable bonds is 6. The van der Waals surface area contributed by atoms with Gasteiger partial charge in [-0.2, -0.15) is 5.26 Å². The molecule has 2 rings (SSSR count). The fourth-order valence-electron chi connectivity index (χ4n) is 4.04. The molecule has 2 nitrogen and oxygen atoms in total. The molecule has 2 fully saturated rings. The van der Waals surface area contributed by atoms with Crippen LogP contribution in [0.1, 0.15) is 71.1 Å². The third kappa shape index (κ3) is 4.77. The maximum absolute atomic E-state index is 8.98. The maximum Gasteiger partial charge on any atom is 0.0655 e. The van der Waals surface area contributed by atoms with E-state index in [-0.39, 0.29) is 0 Å². The third-order valence-electron chi connectivity index (χ3n) is 5.51. The van der Waals surface area contributed by atoms with Crippen LogP contribution < -0.4 is 0 Å². The second-order valence-electron chi connectivity index (χ2n) is 6.95. The molecule has 2 heteroatoms. The van der Waals surface area contributed by atoms with E-state index in [1.807, 2.05) is 0 Å². The minimum Gasteiger partial charge on any atom is -0.381 e. The summed E-state index contributed by atoms with van der Waals surface area (Å²) in [4.78, 5) is 0. The minimum atomic E-state index is 0.356. The quantitative estimate of drug-likeness (QED) is 0.644. The van der Waals surface area contributed by atoms with Gasteiger partial charge in [-0.1, -0.05) is 13.3 Å². The third-order valence-corrected chi connectivity index (χ3v) is 5.51. The topological polar surface area (TPSA) is 33.0 Å². The van der Waals surface area contributed by atoms with E-state index in [0.717, 1.165) is 43.8 Å². The Morgan fingerprint density at radius 2 is 1.55 bits per heavy atom. The number of nitriles is 1. The highest BCUT2D eigenvalue weighted by Crippen LogP contribution is 2.41. The van der Waals surface area contributed by atoms with E-state index in [1.165, 1.54) is 51.4 Å². The van der Waals surface area contributed by atoms with Crippen molar-refractivity contribution < 1.29 is 4.74 Å².